The van der Waals surface area contributed by atoms with Gasteiger partial charge in [-0.3, -0.25) is 10.9 Å². The van der Waals surface area contributed by atoms with E-state index in [4.69, 9.17) is 0 Å². The summed E-state index contributed by atoms with van der Waals surface area (Å²) in [4.78, 5) is 0. The number of hydrazine groups is 1. The van der Waals surface area contributed by atoms with Gasteiger partial charge in [-0.05, 0) is 18.1 Å². The first-order valence-corrected chi connectivity index (χ1v) is 3.90. The van der Waals surface area contributed by atoms with Crippen molar-refractivity contribution in [3.8, 4) is 0 Å². The molecule has 0 amide bonds. The second kappa shape index (κ2) is 2.64. The molecule has 0 saturated carbocycles. The fourth-order valence-electron chi connectivity index (χ4n) is 1.41. The Hall–Kier alpha value is -0.860. The molecule has 0 spiro atoms. The van der Waals surface area contributed by atoms with Crippen LogP contribution in [0.4, 0.5) is 0 Å². The van der Waals surface area contributed by atoms with Crippen molar-refractivity contribution in [2.24, 2.45) is 0 Å². The first kappa shape index (κ1) is 6.83. The van der Waals surface area contributed by atoms with Crippen molar-refractivity contribution in [1.29, 1.82) is 0 Å². The Morgan fingerprint density at radius 2 is 1.82 bits per heavy atom. The summed E-state index contributed by atoms with van der Waals surface area (Å²) in [5.41, 5.74) is 10.4. The van der Waals surface area contributed by atoms with Crippen molar-refractivity contribution in [3.63, 3.8) is 0 Å². The van der Waals surface area contributed by atoms with Crippen LogP contribution in [0.1, 0.15) is 16.7 Å². The summed E-state index contributed by atoms with van der Waals surface area (Å²) in [5.74, 6) is 0. The highest BCUT2D eigenvalue weighted by atomic mass is 15.4. The highest BCUT2D eigenvalue weighted by Gasteiger charge is 2.06. The van der Waals surface area contributed by atoms with Crippen molar-refractivity contribution >= 4 is 0 Å². The van der Waals surface area contributed by atoms with Crippen molar-refractivity contribution in [2.45, 2.75) is 20.0 Å². The first-order valence-electron chi connectivity index (χ1n) is 3.90. The highest BCUT2D eigenvalue weighted by molar-refractivity contribution is 5.32. The zero-order chi connectivity index (χ0) is 7.68. The van der Waals surface area contributed by atoms with Crippen LogP contribution in [0.2, 0.25) is 0 Å². The van der Waals surface area contributed by atoms with Gasteiger partial charge in [-0.25, -0.2) is 0 Å². The lowest BCUT2D eigenvalue weighted by Crippen LogP contribution is -2.35. The molecular weight excluding hydrogens is 136 g/mol. The van der Waals surface area contributed by atoms with Crippen molar-refractivity contribution < 1.29 is 0 Å². The Kier molecular flexibility index (Phi) is 1.64. The van der Waals surface area contributed by atoms with Crippen LogP contribution in [0.15, 0.2) is 18.2 Å². The fraction of sp³-hybridized carbons (Fsp3) is 0.333. The van der Waals surface area contributed by atoms with Crippen LogP contribution in [0.3, 0.4) is 0 Å². The molecule has 0 radical (unpaired) electrons. The summed E-state index contributed by atoms with van der Waals surface area (Å²) in [5, 5.41) is 0. The number of benzene rings is 1. The molecule has 0 saturated heterocycles. The summed E-state index contributed by atoms with van der Waals surface area (Å²) in [7, 11) is 0. The second-order valence-electron chi connectivity index (χ2n) is 2.98. The fourth-order valence-corrected chi connectivity index (χ4v) is 1.41. The standard InChI is InChI=1S/C9H12N2/c1-7-2-3-8-5-10-11-6-9(8)4-7/h2-4,10-11H,5-6H2,1H3. The van der Waals surface area contributed by atoms with E-state index in [2.05, 4.69) is 36.0 Å². The number of hydrogen-bond acceptors (Lipinski definition) is 2. The van der Waals surface area contributed by atoms with Gasteiger partial charge < -0.3 is 0 Å². The van der Waals surface area contributed by atoms with E-state index in [9.17, 15) is 0 Å². The predicted molar refractivity (Wildman–Crippen MR) is 44.9 cm³/mol. The van der Waals surface area contributed by atoms with E-state index in [1.54, 1.807) is 0 Å². The molecule has 0 aliphatic carbocycles. The van der Waals surface area contributed by atoms with Gasteiger partial charge in [-0.1, -0.05) is 23.8 Å². The first-order chi connectivity index (χ1) is 5.36. The minimum absolute atomic E-state index is 0.940. The third kappa shape index (κ3) is 1.27. The van der Waals surface area contributed by atoms with Crippen LogP contribution in [0.5, 0.6) is 0 Å². The molecule has 2 rings (SSSR count). The molecule has 0 aromatic heterocycles. The smallest absolute Gasteiger partial charge is 0.0354 e. The Morgan fingerprint density at radius 1 is 1.09 bits per heavy atom. The topological polar surface area (TPSA) is 24.1 Å². The molecule has 0 bridgehead atoms. The average Bonchev–Trinajstić information content (AvgIpc) is 2.04. The van der Waals surface area contributed by atoms with Gasteiger partial charge in [-0.15, -0.1) is 0 Å². The van der Waals surface area contributed by atoms with E-state index < -0.39 is 0 Å². The van der Waals surface area contributed by atoms with Crippen molar-refractivity contribution in [3.05, 3.63) is 34.9 Å². The minimum atomic E-state index is 0.940. The van der Waals surface area contributed by atoms with Gasteiger partial charge in [0, 0.05) is 13.1 Å². The Balaban J connectivity index is 2.43. The van der Waals surface area contributed by atoms with Gasteiger partial charge in [0.1, 0.15) is 0 Å². The zero-order valence-corrected chi connectivity index (χ0v) is 6.65. The number of hydrogen-bond donors (Lipinski definition) is 2. The summed E-state index contributed by atoms with van der Waals surface area (Å²) < 4.78 is 0. The van der Waals surface area contributed by atoms with Gasteiger partial charge in [0.2, 0.25) is 0 Å². The Morgan fingerprint density at radius 3 is 2.64 bits per heavy atom. The van der Waals surface area contributed by atoms with Crippen LogP contribution in [-0.2, 0) is 13.1 Å². The lowest BCUT2D eigenvalue weighted by Gasteiger charge is -2.18. The molecule has 0 atom stereocenters. The Bertz CT molecular complexity index is 268. The number of nitrogens with one attached hydrogen (secondary N) is 2. The van der Waals surface area contributed by atoms with Crippen molar-refractivity contribution in [2.75, 3.05) is 0 Å². The summed E-state index contributed by atoms with van der Waals surface area (Å²) >= 11 is 0. The predicted octanol–water partition coefficient (Wildman–Crippen LogP) is 1.10. The number of fused-ring (bicyclic) bond motifs is 1. The molecule has 58 valence electrons. The van der Waals surface area contributed by atoms with Crippen LogP contribution in [-0.4, -0.2) is 0 Å². The maximum absolute atomic E-state index is 3.12. The highest BCUT2D eigenvalue weighted by Crippen LogP contribution is 2.13. The van der Waals surface area contributed by atoms with E-state index in [-0.39, 0.29) is 0 Å². The largest absolute Gasteiger partial charge is 0.253 e. The van der Waals surface area contributed by atoms with E-state index >= 15 is 0 Å². The van der Waals surface area contributed by atoms with E-state index in [1.807, 2.05) is 0 Å². The van der Waals surface area contributed by atoms with Gasteiger partial charge in [-0.2, -0.15) is 0 Å². The van der Waals surface area contributed by atoms with Crippen LogP contribution >= 0.6 is 0 Å². The molecular formula is C9H12N2. The normalized spacial score (nSPS) is 16.1. The number of rotatable bonds is 0. The SMILES string of the molecule is Cc1ccc2c(c1)CNNC2. The van der Waals surface area contributed by atoms with Gasteiger partial charge in [0.15, 0.2) is 0 Å². The molecule has 1 aliphatic rings. The van der Waals surface area contributed by atoms with Gasteiger partial charge >= 0.3 is 0 Å². The number of aryl methyl sites for hydroxylation is 1. The molecule has 1 heterocycles. The van der Waals surface area contributed by atoms with Gasteiger partial charge in [0.05, 0.1) is 0 Å². The summed E-state index contributed by atoms with van der Waals surface area (Å²) in [6, 6.07) is 6.59. The van der Waals surface area contributed by atoms with Gasteiger partial charge in [0.25, 0.3) is 0 Å². The maximum Gasteiger partial charge on any atom is 0.0354 e. The summed E-state index contributed by atoms with van der Waals surface area (Å²) in [6.07, 6.45) is 0. The Labute approximate surface area is 66.6 Å². The molecule has 11 heavy (non-hydrogen) atoms. The van der Waals surface area contributed by atoms with Crippen LogP contribution < -0.4 is 10.9 Å². The molecule has 2 heteroatoms. The molecule has 1 aliphatic heterocycles. The molecule has 0 fully saturated rings. The monoisotopic (exact) mass is 148 g/mol. The third-order valence-corrected chi connectivity index (χ3v) is 2.04. The van der Waals surface area contributed by atoms with Crippen molar-refractivity contribution in [1.82, 2.24) is 10.9 Å². The van der Waals surface area contributed by atoms with Crippen LogP contribution in [0.25, 0.3) is 0 Å². The second-order valence-corrected chi connectivity index (χ2v) is 2.98. The lowest BCUT2D eigenvalue weighted by atomic mass is 10.0. The van der Waals surface area contributed by atoms with E-state index in [0.29, 0.717) is 0 Å². The van der Waals surface area contributed by atoms with E-state index in [1.165, 1.54) is 16.7 Å². The molecule has 1 aromatic carbocycles. The maximum atomic E-state index is 3.12. The average molecular weight is 148 g/mol. The molecule has 0 unspecified atom stereocenters. The molecule has 2 N–H and O–H groups in total. The zero-order valence-electron chi connectivity index (χ0n) is 6.65. The molecule has 1 aromatic rings. The summed E-state index contributed by atoms with van der Waals surface area (Å²) in [6.45, 7) is 4.01. The van der Waals surface area contributed by atoms with Crippen LogP contribution in [0, 0.1) is 6.92 Å². The quantitative estimate of drug-likeness (QED) is 0.575. The lowest BCUT2D eigenvalue weighted by molar-refractivity contribution is 0.496. The third-order valence-electron chi connectivity index (χ3n) is 2.04. The minimum Gasteiger partial charge on any atom is -0.253 e. The van der Waals surface area contributed by atoms with E-state index in [0.717, 1.165) is 13.1 Å². The molecule has 2 nitrogen and oxygen atoms in total.